The largest absolute Gasteiger partial charge is 0.422 e. The van der Waals surface area contributed by atoms with Crippen molar-refractivity contribution in [1.82, 2.24) is 0 Å². The molecule has 21 heavy (non-hydrogen) atoms. The van der Waals surface area contributed by atoms with E-state index in [4.69, 9.17) is 9.47 Å². The van der Waals surface area contributed by atoms with Crippen LogP contribution in [-0.4, -0.2) is 17.7 Å². The van der Waals surface area contributed by atoms with E-state index in [-0.39, 0.29) is 0 Å². The Morgan fingerprint density at radius 2 is 1.71 bits per heavy atom. The summed E-state index contributed by atoms with van der Waals surface area (Å²) >= 11 is 0. The first-order valence-electron chi connectivity index (χ1n) is 6.77. The van der Waals surface area contributed by atoms with E-state index < -0.39 is 23.1 Å². The molecule has 0 aromatic heterocycles. The maximum Gasteiger partial charge on any atom is 0.335 e. The lowest BCUT2D eigenvalue weighted by atomic mass is 9.59. The molecule has 2 fully saturated rings. The first-order chi connectivity index (χ1) is 9.86. The number of esters is 2. The highest BCUT2D eigenvalue weighted by Crippen LogP contribution is 2.56. The van der Waals surface area contributed by atoms with Gasteiger partial charge in [0.2, 0.25) is 5.41 Å². The number of cyclic esters (lactones) is 2. The van der Waals surface area contributed by atoms with E-state index in [1.807, 2.05) is 18.2 Å². The van der Waals surface area contributed by atoms with Gasteiger partial charge in [-0.15, -0.1) is 0 Å². The molecule has 1 saturated heterocycles. The summed E-state index contributed by atoms with van der Waals surface area (Å²) in [6.45, 7) is 6.99. The van der Waals surface area contributed by atoms with Crippen LogP contribution in [0.15, 0.2) is 59.8 Å². The van der Waals surface area contributed by atoms with Crippen molar-refractivity contribution in [3.05, 3.63) is 59.8 Å². The maximum absolute atomic E-state index is 12.5. The molecule has 3 rings (SSSR count). The summed E-state index contributed by atoms with van der Waals surface area (Å²) in [6.07, 6.45) is 11.4. The van der Waals surface area contributed by atoms with Gasteiger partial charge in [0.1, 0.15) is 0 Å². The smallest absolute Gasteiger partial charge is 0.335 e. The molecular weight excluding hydrogens is 268 g/mol. The van der Waals surface area contributed by atoms with Crippen molar-refractivity contribution in [2.75, 3.05) is 0 Å². The van der Waals surface area contributed by atoms with E-state index in [0.29, 0.717) is 17.6 Å². The summed E-state index contributed by atoms with van der Waals surface area (Å²) in [4.78, 5) is 25.1. The van der Waals surface area contributed by atoms with Crippen molar-refractivity contribution in [2.45, 2.75) is 26.1 Å². The van der Waals surface area contributed by atoms with Crippen LogP contribution in [-0.2, 0) is 19.1 Å². The van der Waals surface area contributed by atoms with Crippen LogP contribution in [0.3, 0.4) is 0 Å². The van der Waals surface area contributed by atoms with Gasteiger partial charge in [-0.3, -0.25) is 0 Å². The van der Waals surface area contributed by atoms with Crippen LogP contribution in [0.5, 0.6) is 0 Å². The van der Waals surface area contributed by atoms with Crippen molar-refractivity contribution in [1.29, 1.82) is 0 Å². The Morgan fingerprint density at radius 1 is 1.05 bits per heavy atom. The summed E-state index contributed by atoms with van der Waals surface area (Å²) in [5.74, 6) is -2.37. The van der Waals surface area contributed by atoms with Crippen LogP contribution >= 0.6 is 0 Å². The highest BCUT2D eigenvalue weighted by Gasteiger charge is 2.65. The van der Waals surface area contributed by atoms with Gasteiger partial charge in [-0.25, -0.2) is 9.59 Å². The molecule has 0 unspecified atom stereocenters. The Hall–Kier alpha value is -2.36. The van der Waals surface area contributed by atoms with Crippen molar-refractivity contribution in [3.63, 3.8) is 0 Å². The van der Waals surface area contributed by atoms with E-state index >= 15 is 0 Å². The fourth-order valence-corrected chi connectivity index (χ4v) is 2.83. The predicted octanol–water partition coefficient (Wildman–Crippen LogP) is 2.75. The minimum atomic E-state index is -1.42. The zero-order valence-electron chi connectivity index (χ0n) is 12.0. The zero-order chi connectivity index (χ0) is 15.3. The summed E-state index contributed by atoms with van der Waals surface area (Å²) in [7, 11) is 0. The van der Waals surface area contributed by atoms with Gasteiger partial charge in [0.25, 0.3) is 5.79 Å². The molecule has 0 amide bonds. The molecule has 0 N–H and O–H groups in total. The van der Waals surface area contributed by atoms with Crippen LogP contribution in [0.25, 0.3) is 0 Å². The quantitative estimate of drug-likeness (QED) is 0.507. The summed E-state index contributed by atoms with van der Waals surface area (Å²) < 4.78 is 10.6. The van der Waals surface area contributed by atoms with Crippen LogP contribution in [0.1, 0.15) is 20.3 Å². The van der Waals surface area contributed by atoms with Gasteiger partial charge in [0, 0.05) is 13.8 Å². The van der Waals surface area contributed by atoms with Gasteiger partial charge in [0.05, 0.1) is 0 Å². The summed E-state index contributed by atoms with van der Waals surface area (Å²) in [5.41, 5.74) is 0.664. The van der Waals surface area contributed by atoms with Crippen molar-refractivity contribution < 1.29 is 19.1 Å². The molecule has 0 aromatic rings. The van der Waals surface area contributed by atoms with E-state index in [9.17, 15) is 9.59 Å². The number of allylic oxidation sites excluding steroid dienone is 7. The molecule has 3 aliphatic rings. The normalized spacial score (nSPS) is 32.0. The molecule has 1 heterocycles. The second-order valence-electron chi connectivity index (χ2n) is 5.79. The number of carbonyl (C=O) groups excluding carboxylic acids is 2. The SMILES string of the molecule is C=C1C=C/C=C\C=C2/C/C(=C/1)C21C(=O)OC(C)(C)OC1=O. The fraction of sp³-hybridized carbons (Fsp3) is 0.294. The van der Waals surface area contributed by atoms with Crippen molar-refractivity contribution in [2.24, 2.45) is 5.41 Å². The minimum Gasteiger partial charge on any atom is -0.422 e. The number of ether oxygens (including phenoxy) is 2. The Balaban J connectivity index is 2.14. The minimum absolute atomic E-state index is 0.543. The number of rotatable bonds is 0. The van der Waals surface area contributed by atoms with Gasteiger partial charge < -0.3 is 9.47 Å². The second kappa shape index (κ2) is 4.32. The summed E-state index contributed by atoms with van der Waals surface area (Å²) in [5, 5.41) is 0. The molecule has 0 atom stereocenters. The van der Waals surface area contributed by atoms with Crippen LogP contribution in [0.2, 0.25) is 0 Å². The number of fused-ring (bicyclic) bond motifs is 4. The lowest BCUT2D eigenvalue weighted by Gasteiger charge is -2.48. The van der Waals surface area contributed by atoms with Gasteiger partial charge in [-0.1, -0.05) is 43.0 Å². The predicted molar refractivity (Wildman–Crippen MR) is 76.9 cm³/mol. The molecule has 1 spiro atoms. The molecule has 4 heteroatoms. The molecular formula is C17H16O4. The molecule has 2 bridgehead atoms. The lowest BCUT2D eigenvalue weighted by Crippen LogP contribution is -2.59. The van der Waals surface area contributed by atoms with Crippen molar-refractivity contribution >= 4 is 11.9 Å². The number of hydrogen-bond acceptors (Lipinski definition) is 4. The summed E-state index contributed by atoms with van der Waals surface area (Å²) in [6, 6.07) is 0. The van der Waals surface area contributed by atoms with Crippen LogP contribution in [0, 0.1) is 5.41 Å². The van der Waals surface area contributed by atoms with Crippen LogP contribution < -0.4 is 0 Å². The Bertz CT molecular complexity index is 651. The number of carbonyl (C=O) groups is 2. The third-order valence-electron chi connectivity index (χ3n) is 3.82. The number of hydrogen-bond donors (Lipinski definition) is 0. The maximum atomic E-state index is 12.5. The molecule has 0 aromatic carbocycles. The standard InChI is InChI=1S/C17H16O4/c1-11-7-5-4-6-8-12-10-13(9-11)17(12)14(18)20-16(2,3)21-15(17)19/h4-9H,1,10H2,2-3H3/b6-4-,7-5?,12-8+,13-9-. The van der Waals surface area contributed by atoms with E-state index in [2.05, 4.69) is 6.58 Å². The Kier molecular flexibility index (Phi) is 2.80. The first kappa shape index (κ1) is 13.6. The second-order valence-corrected chi connectivity index (χ2v) is 5.79. The fourth-order valence-electron chi connectivity index (χ4n) is 2.83. The molecule has 2 aliphatic carbocycles. The monoisotopic (exact) mass is 284 g/mol. The average molecular weight is 284 g/mol. The molecule has 1 aliphatic heterocycles. The van der Waals surface area contributed by atoms with Gasteiger partial charge in [-0.05, 0) is 23.1 Å². The van der Waals surface area contributed by atoms with Gasteiger partial charge in [-0.2, -0.15) is 0 Å². The topological polar surface area (TPSA) is 52.6 Å². The van der Waals surface area contributed by atoms with Crippen molar-refractivity contribution in [3.8, 4) is 0 Å². The highest BCUT2D eigenvalue weighted by atomic mass is 16.7. The van der Waals surface area contributed by atoms with E-state index in [1.54, 1.807) is 32.1 Å². The average Bonchev–Trinajstić information content (AvgIpc) is 2.34. The zero-order valence-corrected chi connectivity index (χ0v) is 12.0. The van der Waals surface area contributed by atoms with Gasteiger partial charge in [0.15, 0.2) is 0 Å². The van der Waals surface area contributed by atoms with Gasteiger partial charge >= 0.3 is 11.9 Å². The van der Waals surface area contributed by atoms with E-state index in [1.165, 1.54) is 0 Å². The molecule has 0 radical (unpaired) electrons. The Labute approximate surface area is 123 Å². The van der Waals surface area contributed by atoms with E-state index in [0.717, 1.165) is 5.57 Å². The third kappa shape index (κ3) is 1.90. The molecule has 4 nitrogen and oxygen atoms in total. The highest BCUT2D eigenvalue weighted by molar-refractivity contribution is 6.11. The molecule has 108 valence electrons. The third-order valence-corrected chi connectivity index (χ3v) is 3.82. The molecule has 1 saturated carbocycles. The van der Waals surface area contributed by atoms with Crippen LogP contribution in [0.4, 0.5) is 0 Å². The Morgan fingerprint density at radius 3 is 2.38 bits per heavy atom. The first-order valence-corrected chi connectivity index (χ1v) is 6.77. The lowest BCUT2D eigenvalue weighted by molar-refractivity contribution is -0.246.